The summed E-state index contributed by atoms with van der Waals surface area (Å²) in [6.45, 7) is 5.01. The second kappa shape index (κ2) is 9.30. The monoisotopic (exact) mass is 332 g/mol. The van der Waals surface area contributed by atoms with Gasteiger partial charge in [0.05, 0.1) is 7.11 Å². The van der Waals surface area contributed by atoms with Crippen LogP contribution in [0.1, 0.15) is 44.6 Å². The molecule has 2 rings (SSSR count). The van der Waals surface area contributed by atoms with Crippen LogP contribution in [0.15, 0.2) is 24.3 Å². The molecule has 5 nitrogen and oxygen atoms in total. The maximum atomic E-state index is 12.5. The Bertz CT molecular complexity index is 542. The number of hydrogen-bond acceptors (Lipinski definition) is 3. The Kier molecular flexibility index (Phi) is 7.09. The Morgan fingerprint density at radius 2 is 2.04 bits per heavy atom. The molecule has 0 unspecified atom stereocenters. The maximum Gasteiger partial charge on any atom is 0.222 e. The molecule has 0 N–H and O–H groups in total. The van der Waals surface area contributed by atoms with E-state index in [0.717, 1.165) is 43.7 Å². The minimum atomic E-state index is 0.166. The van der Waals surface area contributed by atoms with Crippen LogP contribution in [0.25, 0.3) is 0 Å². The van der Waals surface area contributed by atoms with Crippen LogP contribution in [0.2, 0.25) is 0 Å². The number of methoxy groups -OCH3 is 1. The third-order valence-corrected chi connectivity index (χ3v) is 4.37. The van der Waals surface area contributed by atoms with Gasteiger partial charge in [0.25, 0.3) is 0 Å². The summed E-state index contributed by atoms with van der Waals surface area (Å²) < 4.78 is 5.17. The fourth-order valence-electron chi connectivity index (χ4n) is 3.03. The highest BCUT2D eigenvalue weighted by Crippen LogP contribution is 2.15. The molecule has 0 aromatic heterocycles. The first-order valence-corrected chi connectivity index (χ1v) is 8.82. The van der Waals surface area contributed by atoms with Crippen molar-refractivity contribution < 1.29 is 14.3 Å². The molecule has 1 aliphatic heterocycles. The summed E-state index contributed by atoms with van der Waals surface area (Å²) in [6.07, 6.45) is 3.79. The maximum absolute atomic E-state index is 12.5. The lowest BCUT2D eigenvalue weighted by Gasteiger charge is -2.23. The molecule has 0 saturated carbocycles. The van der Waals surface area contributed by atoms with Crippen molar-refractivity contribution in [3.05, 3.63) is 29.8 Å². The number of ether oxygens (including phenoxy) is 1. The van der Waals surface area contributed by atoms with Gasteiger partial charge in [-0.3, -0.25) is 9.59 Å². The summed E-state index contributed by atoms with van der Waals surface area (Å²) in [5.74, 6) is 1.22. The van der Waals surface area contributed by atoms with Crippen molar-refractivity contribution in [1.29, 1.82) is 0 Å². The number of carbonyl (C=O) groups is 2. The van der Waals surface area contributed by atoms with Crippen LogP contribution >= 0.6 is 0 Å². The third kappa shape index (κ3) is 5.25. The smallest absolute Gasteiger partial charge is 0.222 e. The Balaban J connectivity index is 1.83. The van der Waals surface area contributed by atoms with Gasteiger partial charge in [-0.25, -0.2) is 0 Å². The molecule has 1 saturated heterocycles. The van der Waals surface area contributed by atoms with Crippen molar-refractivity contribution in [3.63, 3.8) is 0 Å². The van der Waals surface area contributed by atoms with E-state index in [0.29, 0.717) is 25.9 Å². The molecule has 0 radical (unpaired) electrons. The van der Waals surface area contributed by atoms with Crippen molar-refractivity contribution in [3.8, 4) is 5.75 Å². The molecule has 132 valence electrons. The molecule has 0 aliphatic carbocycles. The van der Waals surface area contributed by atoms with Crippen LogP contribution < -0.4 is 4.74 Å². The lowest BCUT2D eigenvalue weighted by atomic mass is 10.1. The van der Waals surface area contributed by atoms with E-state index in [2.05, 4.69) is 6.92 Å². The molecule has 5 heteroatoms. The SMILES string of the molecule is CCCN(Cc1ccc(OC)cc1)C(=O)CCCN1CCCC1=O. The van der Waals surface area contributed by atoms with Crippen LogP contribution in [-0.2, 0) is 16.1 Å². The molecule has 0 atom stereocenters. The summed E-state index contributed by atoms with van der Waals surface area (Å²) in [7, 11) is 1.65. The first-order chi connectivity index (χ1) is 11.6. The van der Waals surface area contributed by atoms with Crippen LogP contribution in [0.4, 0.5) is 0 Å². The zero-order chi connectivity index (χ0) is 17.4. The molecule has 1 aromatic rings. The molecule has 1 aliphatic rings. The summed E-state index contributed by atoms with van der Waals surface area (Å²) >= 11 is 0. The van der Waals surface area contributed by atoms with Gasteiger partial charge in [-0.1, -0.05) is 19.1 Å². The van der Waals surface area contributed by atoms with Gasteiger partial charge in [-0.15, -0.1) is 0 Å². The topological polar surface area (TPSA) is 49.9 Å². The van der Waals surface area contributed by atoms with Crippen molar-refractivity contribution in [2.75, 3.05) is 26.7 Å². The highest BCUT2D eigenvalue weighted by Gasteiger charge is 2.20. The second-order valence-electron chi connectivity index (χ2n) is 6.25. The van der Waals surface area contributed by atoms with E-state index in [1.807, 2.05) is 34.1 Å². The van der Waals surface area contributed by atoms with E-state index in [1.165, 1.54) is 0 Å². The number of hydrogen-bond donors (Lipinski definition) is 0. The summed E-state index contributed by atoms with van der Waals surface area (Å²) in [4.78, 5) is 27.9. The molecule has 0 spiro atoms. The highest BCUT2D eigenvalue weighted by molar-refractivity contribution is 5.78. The molecule has 2 amide bonds. The number of likely N-dealkylation sites (tertiary alicyclic amines) is 1. The zero-order valence-electron chi connectivity index (χ0n) is 14.8. The van der Waals surface area contributed by atoms with Crippen LogP contribution in [0, 0.1) is 0 Å². The summed E-state index contributed by atoms with van der Waals surface area (Å²) in [6, 6.07) is 7.83. The molecular weight excluding hydrogens is 304 g/mol. The zero-order valence-corrected chi connectivity index (χ0v) is 14.8. The molecule has 0 bridgehead atoms. The third-order valence-electron chi connectivity index (χ3n) is 4.37. The first-order valence-electron chi connectivity index (χ1n) is 8.82. The summed E-state index contributed by atoms with van der Waals surface area (Å²) in [5.41, 5.74) is 1.10. The number of rotatable bonds is 9. The lowest BCUT2D eigenvalue weighted by molar-refractivity contribution is -0.133. The lowest BCUT2D eigenvalue weighted by Crippen LogP contribution is -2.32. The number of amides is 2. The van der Waals surface area contributed by atoms with Gasteiger partial charge >= 0.3 is 0 Å². The minimum Gasteiger partial charge on any atom is -0.497 e. The predicted octanol–water partition coefficient (Wildman–Crippen LogP) is 2.84. The summed E-state index contributed by atoms with van der Waals surface area (Å²) in [5, 5.41) is 0. The Labute approximate surface area is 144 Å². The second-order valence-corrected chi connectivity index (χ2v) is 6.25. The van der Waals surface area contributed by atoms with Gasteiger partial charge in [-0.2, -0.15) is 0 Å². The predicted molar refractivity (Wildman–Crippen MR) is 93.8 cm³/mol. The first kappa shape index (κ1) is 18.3. The van der Waals surface area contributed by atoms with Crippen LogP contribution in [-0.4, -0.2) is 48.4 Å². The quantitative estimate of drug-likeness (QED) is 0.699. The van der Waals surface area contributed by atoms with Crippen molar-refractivity contribution in [1.82, 2.24) is 9.80 Å². The standard InChI is InChI=1S/C19H28N2O3/c1-3-12-21(15-16-8-10-17(24-2)11-9-16)19(23)7-5-14-20-13-4-6-18(20)22/h8-11H,3-7,12-15H2,1-2H3. The van der Waals surface area contributed by atoms with Gasteiger partial charge in [0.15, 0.2) is 0 Å². The van der Waals surface area contributed by atoms with E-state index in [-0.39, 0.29) is 11.8 Å². The Morgan fingerprint density at radius 1 is 1.29 bits per heavy atom. The normalized spacial score (nSPS) is 14.1. The van der Waals surface area contributed by atoms with E-state index in [9.17, 15) is 9.59 Å². The van der Waals surface area contributed by atoms with Crippen molar-refractivity contribution in [2.45, 2.75) is 45.6 Å². The Morgan fingerprint density at radius 3 is 2.62 bits per heavy atom. The Hall–Kier alpha value is -2.04. The van der Waals surface area contributed by atoms with E-state index in [4.69, 9.17) is 4.74 Å². The van der Waals surface area contributed by atoms with Gasteiger partial charge in [0.2, 0.25) is 11.8 Å². The van der Waals surface area contributed by atoms with Gasteiger partial charge in [0, 0.05) is 39.0 Å². The fourth-order valence-corrected chi connectivity index (χ4v) is 3.03. The van der Waals surface area contributed by atoms with Gasteiger partial charge < -0.3 is 14.5 Å². The average molecular weight is 332 g/mol. The average Bonchev–Trinajstić information content (AvgIpc) is 3.00. The molecule has 1 aromatic carbocycles. The molecule has 1 heterocycles. The highest BCUT2D eigenvalue weighted by atomic mass is 16.5. The van der Waals surface area contributed by atoms with Gasteiger partial charge in [-0.05, 0) is 37.0 Å². The number of benzene rings is 1. The van der Waals surface area contributed by atoms with Gasteiger partial charge in [0.1, 0.15) is 5.75 Å². The fraction of sp³-hybridized carbons (Fsp3) is 0.579. The van der Waals surface area contributed by atoms with Crippen molar-refractivity contribution in [2.24, 2.45) is 0 Å². The minimum absolute atomic E-state index is 0.166. The van der Waals surface area contributed by atoms with E-state index >= 15 is 0 Å². The van der Waals surface area contributed by atoms with Crippen LogP contribution in [0.5, 0.6) is 5.75 Å². The number of carbonyl (C=O) groups excluding carboxylic acids is 2. The van der Waals surface area contributed by atoms with Crippen molar-refractivity contribution >= 4 is 11.8 Å². The number of nitrogens with zero attached hydrogens (tertiary/aromatic N) is 2. The van der Waals surface area contributed by atoms with Crippen LogP contribution in [0.3, 0.4) is 0 Å². The van der Waals surface area contributed by atoms with E-state index in [1.54, 1.807) is 7.11 Å². The van der Waals surface area contributed by atoms with E-state index < -0.39 is 0 Å². The molecule has 1 fully saturated rings. The largest absolute Gasteiger partial charge is 0.497 e. The molecular formula is C19H28N2O3. The molecule has 24 heavy (non-hydrogen) atoms.